The average Bonchev–Trinajstić information content (AvgIpc) is 2.63. The molecule has 3 rings (SSSR count). The monoisotopic (exact) mass is 352 g/mol. The molecule has 0 bridgehead atoms. The standard InChI is InChI=1S/C21H24N2O3/c1-14-6-7-17(11-15(14)2)21(25)22-18-9-8-16-5-4-10-23(19(16)12-18)20(24)13-26-3/h6-9,11-12H,4-5,10,13H2,1-3H3,(H,22,25). The summed E-state index contributed by atoms with van der Waals surface area (Å²) in [5.74, 6) is -0.218. The van der Waals surface area contributed by atoms with E-state index < -0.39 is 0 Å². The number of nitrogens with zero attached hydrogens (tertiary/aromatic N) is 1. The second-order valence-corrected chi connectivity index (χ2v) is 6.68. The fourth-order valence-corrected chi connectivity index (χ4v) is 3.20. The summed E-state index contributed by atoms with van der Waals surface area (Å²) in [6.07, 6.45) is 1.86. The third-order valence-electron chi connectivity index (χ3n) is 4.80. The fourth-order valence-electron chi connectivity index (χ4n) is 3.20. The summed E-state index contributed by atoms with van der Waals surface area (Å²) in [5, 5.41) is 2.94. The van der Waals surface area contributed by atoms with E-state index in [9.17, 15) is 9.59 Å². The number of fused-ring (bicyclic) bond motifs is 1. The Bertz CT molecular complexity index is 845. The molecule has 26 heavy (non-hydrogen) atoms. The molecular weight excluding hydrogens is 328 g/mol. The van der Waals surface area contributed by atoms with Gasteiger partial charge in [-0.15, -0.1) is 0 Å². The molecule has 0 spiro atoms. The molecular formula is C21H24N2O3. The van der Waals surface area contributed by atoms with Crippen LogP contribution in [0.15, 0.2) is 36.4 Å². The number of benzene rings is 2. The number of carbonyl (C=O) groups is 2. The lowest BCUT2D eigenvalue weighted by Gasteiger charge is -2.30. The Balaban J connectivity index is 1.83. The van der Waals surface area contributed by atoms with E-state index in [0.717, 1.165) is 35.2 Å². The molecule has 0 aromatic heterocycles. The summed E-state index contributed by atoms with van der Waals surface area (Å²) in [7, 11) is 1.52. The van der Waals surface area contributed by atoms with Crippen molar-refractivity contribution in [3.05, 3.63) is 58.7 Å². The van der Waals surface area contributed by atoms with Crippen molar-refractivity contribution in [1.29, 1.82) is 0 Å². The molecule has 5 heteroatoms. The molecule has 0 radical (unpaired) electrons. The van der Waals surface area contributed by atoms with Crippen LogP contribution >= 0.6 is 0 Å². The topological polar surface area (TPSA) is 58.6 Å². The summed E-state index contributed by atoms with van der Waals surface area (Å²) in [5.41, 5.74) is 5.52. The van der Waals surface area contributed by atoms with Gasteiger partial charge in [-0.05, 0) is 67.6 Å². The quantitative estimate of drug-likeness (QED) is 0.916. The van der Waals surface area contributed by atoms with Crippen molar-refractivity contribution in [2.24, 2.45) is 0 Å². The highest BCUT2D eigenvalue weighted by Crippen LogP contribution is 2.30. The van der Waals surface area contributed by atoms with Gasteiger partial charge in [0, 0.05) is 30.6 Å². The van der Waals surface area contributed by atoms with E-state index in [-0.39, 0.29) is 18.4 Å². The van der Waals surface area contributed by atoms with Crippen LogP contribution in [-0.2, 0) is 16.0 Å². The molecule has 0 unspecified atom stereocenters. The van der Waals surface area contributed by atoms with Gasteiger partial charge in [0.05, 0.1) is 0 Å². The van der Waals surface area contributed by atoms with E-state index >= 15 is 0 Å². The van der Waals surface area contributed by atoms with Gasteiger partial charge in [0.25, 0.3) is 11.8 Å². The average molecular weight is 352 g/mol. The Morgan fingerprint density at radius 1 is 1.12 bits per heavy atom. The van der Waals surface area contributed by atoms with Gasteiger partial charge >= 0.3 is 0 Å². The van der Waals surface area contributed by atoms with E-state index in [1.807, 2.05) is 50.2 Å². The Morgan fingerprint density at radius 3 is 2.65 bits per heavy atom. The minimum atomic E-state index is -0.154. The molecule has 2 aromatic carbocycles. The van der Waals surface area contributed by atoms with Gasteiger partial charge in [0.2, 0.25) is 0 Å². The van der Waals surface area contributed by atoms with E-state index in [4.69, 9.17) is 4.74 Å². The number of rotatable bonds is 4. The normalized spacial score (nSPS) is 13.3. The summed E-state index contributed by atoms with van der Waals surface area (Å²) < 4.78 is 4.98. The molecule has 136 valence electrons. The number of anilines is 2. The first-order chi connectivity index (χ1) is 12.5. The molecule has 0 saturated heterocycles. The smallest absolute Gasteiger partial charge is 0.255 e. The van der Waals surface area contributed by atoms with E-state index in [2.05, 4.69) is 5.32 Å². The third kappa shape index (κ3) is 3.78. The molecule has 1 aliphatic heterocycles. The van der Waals surface area contributed by atoms with Crippen LogP contribution in [0, 0.1) is 13.8 Å². The van der Waals surface area contributed by atoms with Crippen molar-refractivity contribution < 1.29 is 14.3 Å². The molecule has 5 nitrogen and oxygen atoms in total. The SMILES string of the molecule is COCC(=O)N1CCCc2ccc(NC(=O)c3ccc(C)c(C)c3)cc21. The Morgan fingerprint density at radius 2 is 1.92 bits per heavy atom. The predicted octanol–water partition coefficient (Wildman–Crippen LogP) is 3.48. The van der Waals surface area contributed by atoms with E-state index in [0.29, 0.717) is 17.8 Å². The summed E-state index contributed by atoms with van der Waals surface area (Å²) in [6, 6.07) is 11.4. The zero-order chi connectivity index (χ0) is 18.7. The lowest BCUT2D eigenvalue weighted by molar-refractivity contribution is -0.122. The maximum atomic E-state index is 12.6. The van der Waals surface area contributed by atoms with Gasteiger partial charge in [-0.1, -0.05) is 12.1 Å². The maximum Gasteiger partial charge on any atom is 0.255 e. The van der Waals surface area contributed by atoms with Crippen LogP contribution in [0.2, 0.25) is 0 Å². The highest BCUT2D eigenvalue weighted by molar-refractivity contribution is 6.05. The first kappa shape index (κ1) is 18.1. The van der Waals surface area contributed by atoms with Gasteiger partial charge in [-0.2, -0.15) is 0 Å². The summed E-state index contributed by atoms with van der Waals surface area (Å²) in [4.78, 5) is 26.6. The predicted molar refractivity (Wildman–Crippen MR) is 103 cm³/mol. The van der Waals surface area contributed by atoms with Crippen molar-refractivity contribution in [3.8, 4) is 0 Å². The molecule has 0 atom stereocenters. The highest BCUT2D eigenvalue weighted by atomic mass is 16.5. The molecule has 0 aliphatic carbocycles. The molecule has 1 aliphatic rings. The molecule has 2 aromatic rings. The number of amides is 2. The van der Waals surface area contributed by atoms with Gasteiger partial charge in [-0.3, -0.25) is 9.59 Å². The number of nitrogens with one attached hydrogen (secondary N) is 1. The van der Waals surface area contributed by atoms with Crippen LogP contribution in [0.1, 0.15) is 33.5 Å². The number of hydrogen-bond donors (Lipinski definition) is 1. The second kappa shape index (κ2) is 7.70. The van der Waals surface area contributed by atoms with Crippen LogP contribution in [0.4, 0.5) is 11.4 Å². The Kier molecular flexibility index (Phi) is 5.38. The zero-order valence-electron chi connectivity index (χ0n) is 15.5. The third-order valence-corrected chi connectivity index (χ3v) is 4.80. The van der Waals surface area contributed by atoms with Crippen molar-refractivity contribution in [2.45, 2.75) is 26.7 Å². The number of carbonyl (C=O) groups excluding carboxylic acids is 2. The van der Waals surface area contributed by atoms with Gasteiger partial charge in [-0.25, -0.2) is 0 Å². The Hall–Kier alpha value is -2.66. The largest absolute Gasteiger partial charge is 0.375 e. The number of methoxy groups -OCH3 is 1. The van der Waals surface area contributed by atoms with Crippen LogP contribution in [-0.4, -0.2) is 32.1 Å². The molecule has 1 heterocycles. The zero-order valence-corrected chi connectivity index (χ0v) is 15.5. The molecule has 0 fully saturated rings. The lowest BCUT2D eigenvalue weighted by Crippen LogP contribution is -2.37. The van der Waals surface area contributed by atoms with Crippen molar-refractivity contribution in [3.63, 3.8) is 0 Å². The van der Waals surface area contributed by atoms with E-state index in [1.165, 1.54) is 7.11 Å². The van der Waals surface area contributed by atoms with Crippen molar-refractivity contribution >= 4 is 23.2 Å². The minimum Gasteiger partial charge on any atom is -0.375 e. The molecule has 0 saturated carbocycles. The van der Waals surface area contributed by atoms with Gasteiger partial charge in [0.15, 0.2) is 0 Å². The van der Waals surface area contributed by atoms with Crippen LogP contribution in [0.5, 0.6) is 0 Å². The van der Waals surface area contributed by atoms with Crippen molar-refractivity contribution in [2.75, 3.05) is 30.5 Å². The molecule has 2 amide bonds. The number of ether oxygens (including phenoxy) is 1. The van der Waals surface area contributed by atoms with Crippen LogP contribution < -0.4 is 10.2 Å². The Labute approximate surface area is 154 Å². The van der Waals surface area contributed by atoms with E-state index in [1.54, 1.807) is 4.90 Å². The fraction of sp³-hybridized carbons (Fsp3) is 0.333. The lowest BCUT2D eigenvalue weighted by atomic mass is 10.0. The van der Waals surface area contributed by atoms with Crippen LogP contribution in [0.3, 0.4) is 0 Å². The second-order valence-electron chi connectivity index (χ2n) is 6.68. The summed E-state index contributed by atoms with van der Waals surface area (Å²) in [6.45, 7) is 4.73. The number of hydrogen-bond acceptors (Lipinski definition) is 3. The summed E-state index contributed by atoms with van der Waals surface area (Å²) >= 11 is 0. The minimum absolute atomic E-state index is 0.0542. The first-order valence-corrected chi connectivity index (χ1v) is 8.80. The highest BCUT2D eigenvalue weighted by Gasteiger charge is 2.23. The maximum absolute atomic E-state index is 12.6. The molecule has 1 N–H and O–H groups in total. The van der Waals surface area contributed by atoms with Crippen LogP contribution in [0.25, 0.3) is 0 Å². The van der Waals surface area contributed by atoms with Gasteiger partial charge in [0.1, 0.15) is 6.61 Å². The van der Waals surface area contributed by atoms with Gasteiger partial charge < -0.3 is 15.0 Å². The van der Waals surface area contributed by atoms with Crippen molar-refractivity contribution in [1.82, 2.24) is 0 Å². The first-order valence-electron chi connectivity index (χ1n) is 8.80. The number of aryl methyl sites for hydroxylation is 3.